The summed E-state index contributed by atoms with van der Waals surface area (Å²) in [7, 11) is 0. The zero-order valence-corrected chi connectivity index (χ0v) is 19.9. The van der Waals surface area contributed by atoms with Gasteiger partial charge in [0.2, 0.25) is 0 Å². The molecule has 0 saturated carbocycles. The highest BCUT2D eigenvalue weighted by Crippen LogP contribution is 2.21. The Labute approximate surface area is 200 Å². The Kier molecular flexibility index (Phi) is 9.84. The highest BCUT2D eigenvalue weighted by Gasteiger charge is 2.16. The van der Waals surface area contributed by atoms with Crippen LogP contribution < -0.4 is 16.4 Å². The minimum atomic E-state index is 0. The first-order valence-corrected chi connectivity index (χ1v) is 10.1. The summed E-state index contributed by atoms with van der Waals surface area (Å²) in [5.74, 6) is 1.15. The zero-order chi connectivity index (χ0) is 21.2. The molecule has 1 heterocycles. The number of nitriles is 1. The number of hydrogen-bond acceptors (Lipinski definition) is 4. The lowest BCUT2D eigenvalue weighted by molar-refractivity contribution is 0.723. The van der Waals surface area contributed by atoms with E-state index in [1.807, 2.05) is 55.5 Å². The van der Waals surface area contributed by atoms with Crippen molar-refractivity contribution in [3.63, 3.8) is 0 Å². The lowest BCUT2D eigenvalue weighted by Crippen LogP contribution is -2.37. The second-order valence-corrected chi connectivity index (χ2v) is 6.78. The Balaban J connectivity index is 0.00000341. The monoisotopic (exact) mass is 529 g/mol. The van der Waals surface area contributed by atoms with Crippen molar-refractivity contribution in [2.75, 3.05) is 18.8 Å². The van der Waals surface area contributed by atoms with E-state index in [9.17, 15) is 5.26 Å². The van der Waals surface area contributed by atoms with Gasteiger partial charge in [0.05, 0.1) is 17.9 Å². The molecule has 0 aliphatic heterocycles. The predicted octanol–water partition coefficient (Wildman–Crippen LogP) is 3.63. The molecule has 1 aromatic heterocycles. The van der Waals surface area contributed by atoms with Gasteiger partial charge in [-0.1, -0.05) is 48.5 Å². The normalized spacial score (nSPS) is 10.8. The SMILES string of the molecule is CCNC(=NCc1ccccc1)NCCCc1nn(-c2ccccc2)c(N)c1C#N.I. The number of nitrogens with zero attached hydrogens (tertiary/aromatic N) is 4. The van der Waals surface area contributed by atoms with E-state index in [0.717, 1.165) is 30.2 Å². The lowest BCUT2D eigenvalue weighted by Gasteiger charge is -2.11. The number of anilines is 1. The van der Waals surface area contributed by atoms with Gasteiger partial charge in [0, 0.05) is 13.1 Å². The van der Waals surface area contributed by atoms with Crippen molar-refractivity contribution in [1.82, 2.24) is 20.4 Å². The van der Waals surface area contributed by atoms with Gasteiger partial charge in [-0.25, -0.2) is 9.67 Å². The fourth-order valence-corrected chi connectivity index (χ4v) is 3.10. The summed E-state index contributed by atoms with van der Waals surface area (Å²) in [6.07, 6.45) is 1.45. The number of aliphatic imine (C=N–C) groups is 1. The molecule has 3 rings (SSSR count). The molecule has 8 heteroatoms. The van der Waals surface area contributed by atoms with Crippen molar-refractivity contribution in [3.05, 3.63) is 77.5 Å². The molecule has 31 heavy (non-hydrogen) atoms. The highest BCUT2D eigenvalue weighted by molar-refractivity contribution is 14.0. The van der Waals surface area contributed by atoms with Crippen molar-refractivity contribution in [3.8, 4) is 11.8 Å². The van der Waals surface area contributed by atoms with Crippen LogP contribution in [0, 0.1) is 11.3 Å². The molecule has 0 atom stereocenters. The van der Waals surface area contributed by atoms with Crippen molar-refractivity contribution in [2.24, 2.45) is 4.99 Å². The molecule has 7 nitrogen and oxygen atoms in total. The van der Waals surface area contributed by atoms with Gasteiger partial charge in [0.1, 0.15) is 17.5 Å². The number of rotatable bonds is 8. The van der Waals surface area contributed by atoms with Crippen LogP contribution in [0.3, 0.4) is 0 Å². The van der Waals surface area contributed by atoms with Crippen molar-refractivity contribution in [1.29, 1.82) is 5.26 Å². The van der Waals surface area contributed by atoms with Gasteiger partial charge < -0.3 is 16.4 Å². The first-order chi connectivity index (χ1) is 14.7. The van der Waals surface area contributed by atoms with Gasteiger partial charge in [0.15, 0.2) is 5.96 Å². The molecule has 162 valence electrons. The number of benzene rings is 2. The summed E-state index contributed by atoms with van der Waals surface area (Å²) in [4.78, 5) is 4.62. The molecule has 0 radical (unpaired) electrons. The minimum absolute atomic E-state index is 0. The third-order valence-corrected chi connectivity index (χ3v) is 4.60. The van der Waals surface area contributed by atoms with Gasteiger partial charge in [-0.05, 0) is 37.5 Å². The maximum atomic E-state index is 9.52. The molecule has 0 aliphatic carbocycles. The van der Waals surface area contributed by atoms with E-state index in [2.05, 4.69) is 38.9 Å². The topological polar surface area (TPSA) is 104 Å². The number of nitrogens with one attached hydrogen (secondary N) is 2. The summed E-state index contributed by atoms with van der Waals surface area (Å²) < 4.78 is 1.63. The third-order valence-electron chi connectivity index (χ3n) is 4.60. The van der Waals surface area contributed by atoms with E-state index >= 15 is 0 Å². The van der Waals surface area contributed by atoms with E-state index in [0.29, 0.717) is 36.6 Å². The van der Waals surface area contributed by atoms with Gasteiger partial charge in [-0.15, -0.1) is 24.0 Å². The van der Waals surface area contributed by atoms with Gasteiger partial charge in [-0.2, -0.15) is 10.4 Å². The molecule has 0 saturated heterocycles. The summed E-state index contributed by atoms with van der Waals surface area (Å²) in [5.41, 5.74) is 9.34. The number of aromatic nitrogens is 2. The van der Waals surface area contributed by atoms with Crippen LogP contribution in [-0.4, -0.2) is 28.8 Å². The van der Waals surface area contributed by atoms with Gasteiger partial charge in [-0.3, -0.25) is 0 Å². The van der Waals surface area contributed by atoms with Crippen LogP contribution in [0.25, 0.3) is 5.69 Å². The molecule has 0 aliphatic rings. The predicted molar refractivity (Wildman–Crippen MR) is 136 cm³/mol. The summed E-state index contributed by atoms with van der Waals surface area (Å²) >= 11 is 0. The molecule has 0 unspecified atom stereocenters. The fraction of sp³-hybridized carbons (Fsp3) is 0.261. The molecule has 0 bridgehead atoms. The highest BCUT2D eigenvalue weighted by atomic mass is 127. The van der Waals surface area contributed by atoms with Crippen LogP contribution in [0.15, 0.2) is 65.7 Å². The van der Waals surface area contributed by atoms with E-state index in [4.69, 9.17) is 5.73 Å². The number of nitrogen functional groups attached to an aromatic ring is 1. The summed E-state index contributed by atoms with van der Waals surface area (Å²) in [6, 6.07) is 21.9. The molecule has 0 amide bonds. The quantitative estimate of drug-likeness (QED) is 0.179. The van der Waals surface area contributed by atoms with Crippen molar-refractivity contribution >= 4 is 35.8 Å². The van der Waals surface area contributed by atoms with Gasteiger partial charge in [0.25, 0.3) is 0 Å². The Morgan fingerprint density at radius 1 is 1.10 bits per heavy atom. The first kappa shape index (κ1) is 24.2. The van der Waals surface area contributed by atoms with Crippen LogP contribution in [0.5, 0.6) is 0 Å². The van der Waals surface area contributed by atoms with E-state index in [-0.39, 0.29) is 24.0 Å². The average Bonchev–Trinajstić information content (AvgIpc) is 3.11. The Hall–Kier alpha value is -3.06. The number of halogens is 1. The molecule has 2 aromatic carbocycles. The van der Waals surface area contributed by atoms with Crippen molar-refractivity contribution < 1.29 is 0 Å². The molecular formula is C23H28IN7. The average molecular weight is 529 g/mol. The molecule has 0 fully saturated rings. The maximum absolute atomic E-state index is 9.52. The summed E-state index contributed by atoms with van der Waals surface area (Å²) in [6.45, 7) is 4.16. The van der Waals surface area contributed by atoms with Crippen LogP contribution in [-0.2, 0) is 13.0 Å². The van der Waals surface area contributed by atoms with E-state index < -0.39 is 0 Å². The molecule has 0 spiro atoms. The van der Waals surface area contributed by atoms with Crippen LogP contribution >= 0.6 is 24.0 Å². The van der Waals surface area contributed by atoms with Crippen LogP contribution in [0.4, 0.5) is 5.82 Å². The van der Waals surface area contributed by atoms with Gasteiger partial charge >= 0.3 is 0 Å². The smallest absolute Gasteiger partial charge is 0.191 e. The Morgan fingerprint density at radius 2 is 1.77 bits per heavy atom. The fourth-order valence-electron chi connectivity index (χ4n) is 3.10. The molecule has 4 N–H and O–H groups in total. The number of para-hydroxylation sites is 1. The number of hydrogen-bond donors (Lipinski definition) is 3. The van der Waals surface area contributed by atoms with Crippen LogP contribution in [0.2, 0.25) is 0 Å². The van der Waals surface area contributed by atoms with E-state index in [1.165, 1.54) is 0 Å². The zero-order valence-electron chi connectivity index (χ0n) is 17.6. The summed E-state index contributed by atoms with van der Waals surface area (Å²) in [5, 5.41) is 20.7. The number of nitrogens with two attached hydrogens (primary N) is 1. The lowest BCUT2D eigenvalue weighted by atomic mass is 10.1. The number of aryl methyl sites for hydroxylation is 1. The van der Waals surface area contributed by atoms with Crippen molar-refractivity contribution in [2.45, 2.75) is 26.3 Å². The standard InChI is InChI=1S/C23H27N7.HI/c1-2-26-23(28-17-18-10-5-3-6-11-18)27-15-9-14-21-20(16-24)22(25)30(29-21)19-12-7-4-8-13-19;/h3-8,10-13H,2,9,14-15,17,25H2,1H3,(H2,26,27,28);1H. The van der Waals surface area contributed by atoms with E-state index in [1.54, 1.807) is 4.68 Å². The number of guanidine groups is 1. The second kappa shape index (κ2) is 12.6. The largest absolute Gasteiger partial charge is 0.382 e. The second-order valence-electron chi connectivity index (χ2n) is 6.78. The Bertz CT molecular complexity index is 1010. The first-order valence-electron chi connectivity index (χ1n) is 10.1. The third kappa shape index (κ3) is 6.72. The minimum Gasteiger partial charge on any atom is -0.382 e. The Morgan fingerprint density at radius 3 is 2.42 bits per heavy atom. The maximum Gasteiger partial charge on any atom is 0.191 e. The molecule has 3 aromatic rings. The van der Waals surface area contributed by atoms with Crippen LogP contribution in [0.1, 0.15) is 30.2 Å². The molecular weight excluding hydrogens is 501 g/mol.